The van der Waals surface area contributed by atoms with Crippen LogP contribution in [0.5, 0.6) is 0 Å². The average molecular weight is 333 g/mol. The van der Waals surface area contributed by atoms with Gasteiger partial charge in [0, 0.05) is 16.7 Å². The maximum Gasteiger partial charge on any atom is 0.331 e. The maximum atomic E-state index is 12.8. The van der Waals surface area contributed by atoms with Crippen molar-refractivity contribution in [2.45, 2.75) is 13.0 Å². The minimum Gasteiger partial charge on any atom is -0.451 e. The number of halogens is 2. The predicted molar refractivity (Wildman–Crippen MR) is 86.8 cm³/mol. The molecule has 2 aromatic rings. The fraction of sp³-hybridized carbons (Fsp3) is 0.111. The highest BCUT2D eigenvalue weighted by atomic mass is 35.5. The Balaban J connectivity index is 1.98. The molecule has 0 radical (unpaired) electrons. The summed E-state index contributed by atoms with van der Waals surface area (Å²) in [4.78, 5) is 23.8. The average Bonchev–Trinajstić information content (AvgIpc) is 2.54. The van der Waals surface area contributed by atoms with E-state index in [0.29, 0.717) is 10.6 Å². The van der Waals surface area contributed by atoms with Gasteiger partial charge in [-0.2, -0.15) is 0 Å². The number of ether oxygens (including phenoxy) is 1. The third kappa shape index (κ3) is 4.76. The first-order chi connectivity index (χ1) is 11.0. The molecule has 0 saturated carbocycles. The minimum absolute atomic E-state index is 0.279. The number of hydrogen-bond acceptors (Lipinski definition) is 3. The fourth-order valence-electron chi connectivity index (χ4n) is 1.88. The van der Waals surface area contributed by atoms with Crippen LogP contribution >= 0.6 is 11.6 Å². The van der Waals surface area contributed by atoms with Crippen LogP contribution in [0.25, 0.3) is 6.08 Å². The van der Waals surface area contributed by atoms with Gasteiger partial charge in [0.1, 0.15) is 5.82 Å². The van der Waals surface area contributed by atoms with Crippen LogP contribution in [0.2, 0.25) is 5.02 Å². The van der Waals surface area contributed by atoms with Crippen LogP contribution in [0, 0.1) is 5.82 Å². The highest BCUT2D eigenvalue weighted by Crippen LogP contribution is 2.16. The monoisotopic (exact) mass is 332 g/mol. The molecule has 23 heavy (non-hydrogen) atoms. The molecule has 0 aromatic heterocycles. The van der Waals surface area contributed by atoms with Crippen molar-refractivity contribution >= 4 is 29.4 Å². The molecule has 2 rings (SSSR count). The second-order valence-electron chi connectivity index (χ2n) is 4.81. The van der Waals surface area contributed by atoms with E-state index in [1.807, 2.05) is 0 Å². The third-order valence-corrected chi connectivity index (χ3v) is 3.44. The zero-order chi connectivity index (χ0) is 16.8. The van der Waals surface area contributed by atoms with Gasteiger partial charge in [0.2, 0.25) is 5.78 Å². The molecule has 0 fully saturated rings. The molecular weight excluding hydrogens is 319 g/mol. The molecule has 0 bridgehead atoms. The Morgan fingerprint density at radius 3 is 2.43 bits per heavy atom. The van der Waals surface area contributed by atoms with Crippen LogP contribution in [0.1, 0.15) is 22.8 Å². The van der Waals surface area contributed by atoms with Gasteiger partial charge in [0.25, 0.3) is 0 Å². The molecule has 2 aromatic carbocycles. The van der Waals surface area contributed by atoms with Crippen molar-refractivity contribution < 1.29 is 18.7 Å². The Labute approximate surface area is 138 Å². The number of Topliss-reactive ketones (excluding diaryl/α,β-unsaturated/α-hetero) is 1. The lowest BCUT2D eigenvalue weighted by molar-refractivity contribution is -0.140. The summed E-state index contributed by atoms with van der Waals surface area (Å²) in [5, 5.41) is 0.506. The molecule has 3 nitrogen and oxygen atoms in total. The second kappa shape index (κ2) is 7.70. The summed E-state index contributed by atoms with van der Waals surface area (Å²) in [6.45, 7) is 1.47. The quantitative estimate of drug-likeness (QED) is 0.465. The number of benzene rings is 2. The molecule has 5 heteroatoms. The number of rotatable bonds is 5. The van der Waals surface area contributed by atoms with Crippen molar-refractivity contribution in [3.63, 3.8) is 0 Å². The van der Waals surface area contributed by atoms with E-state index in [4.69, 9.17) is 16.3 Å². The largest absolute Gasteiger partial charge is 0.451 e. The van der Waals surface area contributed by atoms with E-state index in [1.54, 1.807) is 24.3 Å². The van der Waals surface area contributed by atoms with Crippen LogP contribution in [0.4, 0.5) is 4.39 Å². The van der Waals surface area contributed by atoms with Gasteiger partial charge in [-0.05, 0) is 48.9 Å². The maximum absolute atomic E-state index is 12.8. The third-order valence-electron chi connectivity index (χ3n) is 3.10. The summed E-state index contributed by atoms with van der Waals surface area (Å²) in [5.41, 5.74) is 0.949. The first kappa shape index (κ1) is 16.9. The molecule has 0 aliphatic heterocycles. The number of esters is 1. The molecule has 0 N–H and O–H groups in total. The van der Waals surface area contributed by atoms with Crippen molar-refractivity contribution in [3.8, 4) is 0 Å². The fourth-order valence-corrected chi connectivity index (χ4v) is 2.08. The van der Waals surface area contributed by atoms with Crippen molar-refractivity contribution in [1.82, 2.24) is 0 Å². The van der Waals surface area contributed by atoms with Gasteiger partial charge in [-0.1, -0.05) is 29.8 Å². The van der Waals surface area contributed by atoms with E-state index >= 15 is 0 Å². The number of carbonyl (C=O) groups is 2. The number of ketones is 1. The van der Waals surface area contributed by atoms with E-state index in [-0.39, 0.29) is 5.56 Å². The molecule has 1 atom stereocenters. The van der Waals surface area contributed by atoms with Crippen molar-refractivity contribution in [2.24, 2.45) is 0 Å². The Hall–Kier alpha value is -2.46. The Bertz CT molecular complexity index is 738. The molecule has 0 spiro atoms. The van der Waals surface area contributed by atoms with Crippen LogP contribution < -0.4 is 0 Å². The zero-order valence-electron chi connectivity index (χ0n) is 12.3. The van der Waals surface area contributed by atoms with Gasteiger partial charge in [0.15, 0.2) is 6.10 Å². The first-order valence-corrected chi connectivity index (χ1v) is 7.28. The minimum atomic E-state index is -0.969. The summed E-state index contributed by atoms with van der Waals surface area (Å²) < 4.78 is 17.9. The summed E-state index contributed by atoms with van der Waals surface area (Å²) >= 11 is 5.97. The van der Waals surface area contributed by atoms with E-state index in [2.05, 4.69) is 0 Å². The van der Waals surface area contributed by atoms with Crippen molar-refractivity contribution in [1.29, 1.82) is 0 Å². The van der Waals surface area contributed by atoms with Gasteiger partial charge >= 0.3 is 5.97 Å². The standard InChI is InChI=1S/C18H14ClFO3/c1-12(18(22)14-6-9-15(20)10-7-14)23-17(21)11-8-13-4-2-3-5-16(13)19/h2-12H,1H3/b11-8+/t12-/m0/s1. The predicted octanol–water partition coefficient (Wildman–Crippen LogP) is 4.31. The molecule has 0 aliphatic carbocycles. The molecule has 0 saturated heterocycles. The Kier molecular flexibility index (Phi) is 5.66. The summed E-state index contributed by atoms with van der Waals surface area (Å²) in [6, 6.07) is 12.1. The van der Waals surface area contributed by atoms with E-state index < -0.39 is 23.7 Å². The topological polar surface area (TPSA) is 43.4 Å². The van der Waals surface area contributed by atoms with Crippen LogP contribution in [-0.4, -0.2) is 17.9 Å². The van der Waals surface area contributed by atoms with Crippen LogP contribution in [-0.2, 0) is 9.53 Å². The smallest absolute Gasteiger partial charge is 0.331 e. The lowest BCUT2D eigenvalue weighted by Crippen LogP contribution is -2.23. The van der Waals surface area contributed by atoms with Gasteiger partial charge in [-0.15, -0.1) is 0 Å². The second-order valence-corrected chi connectivity index (χ2v) is 5.21. The van der Waals surface area contributed by atoms with Crippen LogP contribution in [0.3, 0.4) is 0 Å². The number of hydrogen-bond donors (Lipinski definition) is 0. The van der Waals surface area contributed by atoms with Crippen LogP contribution in [0.15, 0.2) is 54.6 Å². The van der Waals surface area contributed by atoms with E-state index in [1.165, 1.54) is 43.3 Å². The highest BCUT2D eigenvalue weighted by molar-refractivity contribution is 6.32. The lowest BCUT2D eigenvalue weighted by atomic mass is 10.1. The molecule has 0 unspecified atom stereocenters. The SMILES string of the molecule is C[C@H](OC(=O)/C=C/c1ccccc1Cl)C(=O)c1ccc(F)cc1. The normalized spacial score (nSPS) is 12.1. The summed E-state index contributed by atoms with van der Waals surface area (Å²) in [5.74, 6) is -1.49. The van der Waals surface area contributed by atoms with Gasteiger partial charge in [-0.3, -0.25) is 4.79 Å². The zero-order valence-corrected chi connectivity index (χ0v) is 13.1. The van der Waals surface area contributed by atoms with E-state index in [0.717, 1.165) is 0 Å². The highest BCUT2D eigenvalue weighted by Gasteiger charge is 2.18. The van der Waals surface area contributed by atoms with Gasteiger partial charge in [-0.25, -0.2) is 9.18 Å². The number of carbonyl (C=O) groups excluding carboxylic acids is 2. The van der Waals surface area contributed by atoms with Gasteiger partial charge in [0.05, 0.1) is 0 Å². The molecular formula is C18H14ClFO3. The first-order valence-electron chi connectivity index (χ1n) is 6.90. The van der Waals surface area contributed by atoms with E-state index in [9.17, 15) is 14.0 Å². The summed E-state index contributed by atoms with van der Waals surface area (Å²) in [7, 11) is 0. The van der Waals surface area contributed by atoms with Crippen molar-refractivity contribution in [2.75, 3.05) is 0 Å². The molecule has 0 amide bonds. The molecule has 118 valence electrons. The molecule has 0 heterocycles. The Morgan fingerprint density at radius 2 is 1.78 bits per heavy atom. The van der Waals surface area contributed by atoms with Crippen molar-refractivity contribution in [3.05, 3.63) is 76.6 Å². The Morgan fingerprint density at radius 1 is 1.13 bits per heavy atom. The molecule has 0 aliphatic rings. The van der Waals surface area contributed by atoms with Gasteiger partial charge < -0.3 is 4.74 Å². The summed E-state index contributed by atoms with van der Waals surface area (Å²) in [6.07, 6.45) is 1.75. The lowest BCUT2D eigenvalue weighted by Gasteiger charge is -2.10.